The largest absolute Gasteiger partial charge is 0.0715 e. The molecule has 1 heteroatoms. The summed E-state index contributed by atoms with van der Waals surface area (Å²) >= 11 is 0. The maximum atomic E-state index is 3.73. The molecule has 1 aromatic rings. The number of hydrogen-bond donors (Lipinski definition) is 0. The molecule has 0 nitrogen and oxygen atoms in total. The molecule has 1 aromatic carbocycles. The molecule has 1 rings (SSSR count). The fraction of sp³-hybridized carbons (Fsp3) is 0.571. The first kappa shape index (κ1) is 12.5. The molecule has 0 aliphatic heterocycles. The van der Waals surface area contributed by atoms with Crippen LogP contribution in [-0.2, 0) is 19.3 Å². The van der Waals surface area contributed by atoms with Gasteiger partial charge in [0, 0.05) is 0 Å². The van der Waals surface area contributed by atoms with Crippen LogP contribution < -0.4 is 5.19 Å². The van der Waals surface area contributed by atoms with Crippen LogP contribution in [0.2, 0.25) is 0 Å². The molecule has 15 heavy (non-hydrogen) atoms. The highest BCUT2D eigenvalue weighted by Crippen LogP contribution is 2.17. The maximum absolute atomic E-state index is 3.73. The molecule has 0 amide bonds. The van der Waals surface area contributed by atoms with Gasteiger partial charge in [-0.1, -0.05) is 50.9 Å². The Hall–Kier alpha value is -0.563. The van der Waals surface area contributed by atoms with Gasteiger partial charge >= 0.3 is 0 Å². The van der Waals surface area contributed by atoms with Crippen LogP contribution in [0.25, 0.3) is 0 Å². The maximum Gasteiger partial charge on any atom is 0.0715 e. The van der Waals surface area contributed by atoms with Crippen LogP contribution in [0.5, 0.6) is 0 Å². The molecule has 0 saturated carbocycles. The van der Waals surface area contributed by atoms with E-state index in [9.17, 15) is 0 Å². The standard InChI is InChI=1S/C14H21Si/c1-4-7-12-11(6-3)9-10-14(15)13(12)8-5-2/h9-10H,4-8H2,1-3H3. The highest BCUT2D eigenvalue weighted by Gasteiger charge is 2.08. The molecule has 0 aliphatic carbocycles. The van der Waals surface area contributed by atoms with Crippen molar-refractivity contribution in [3.8, 4) is 0 Å². The summed E-state index contributed by atoms with van der Waals surface area (Å²) in [6.07, 6.45) is 6.03. The first-order valence-electron chi connectivity index (χ1n) is 6.09. The molecule has 0 N–H and O–H groups in total. The summed E-state index contributed by atoms with van der Waals surface area (Å²) in [6, 6.07) is 4.48. The van der Waals surface area contributed by atoms with Crippen molar-refractivity contribution < 1.29 is 0 Å². The molecule has 81 valence electrons. The van der Waals surface area contributed by atoms with E-state index in [2.05, 4.69) is 43.1 Å². The smallest absolute Gasteiger partial charge is 0.0651 e. The van der Waals surface area contributed by atoms with Gasteiger partial charge in [0.05, 0.1) is 10.2 Å². The zero-order valence-corrected chi connectivity index (χ0v) is 11.2. The Balaban J connectivity index is 3.17. The third-order valence-electron chi connectivity index (χ3n) is 2.91. The Morgan fingerprint density at radius 1 is 0.933 bits per heavy atom. The van der Waals surface area contributed by atoms with Gasteiger partial charge in [0.15, 0.2) is 0 Å². The van der Waals surface area contributed by atoms with E-state index < -0.39 is 0 Å². The molecule has 0 atom stereocenters. The van der Waals surface area contributed by atoms with Gasteiger partial charge in [-0.3, -0.25) is 0 Å². The molecule has 0 bridgehead atoms. The zero-order valence-electron chi connectivity index (χ0n) is 10.2. The lowest BCUT2D eigenvalue weighted by Crippen LogP contribution is -2.15. The van der Waals surface area contributed by atoms with Crippen LogP contribution in [0.1, 0.15) is 50.3 Å². The van der Waals surface area contributed by atoms with Crippen molar-refractivity contribution in [2.75, 3.05) is 0 Å². The highest BCUT2D eigenvalue weighted by atomic mass is 28.1. The summed E-state index contributed by atoms with van der Waals surface area (Å²) < 4.78 is 0. The normalized spacial score (nSPS) is 10.7. The van der Waals surface area contributed by atoms with E-state index in [1.165, 1.54) is 42.0 Å². The fourth-order valence-electron chi connectivity index (χ4n) is 2.17. The Morgan fingerprint density at radius 2 is 1.53 bits per heavy atom. The van der Waals surface area contributed by atoms with Crippen molar-refractivity contribution in [1.29, 1.82) is 0 Å². The number of rotatable bonds is 5. The van der Waals surface area contributed by atoms with Gasteiger partial charge in [0.1, 0.15) is 0 Å². The number of benzene rings is 1. The van der Waals surface area contributed by atoms with Crippen LogP contribution in [0.4, 0.5) is 0 Å². The Kier molecular flexibility index (Phi) is 5.10. The van der Waals surface area contributed by atoms with Crippen LogP contribution in [0.15, 0.2) is 12.1 Å². The Labute approximate surface area is 97.5 Å². The van der Waals surface area contributed by atoms with Crippen LogP contribution in [0.3, 0.4) is 0 Å². The summed E-state index contributed by atoms with van der Waals surface area (Å²) in [5, 5.41) is 1.29. The van der Waals surface area contributed by atoms with Crippen LogP contribution >= 0.6 is 0 Å². The summed E-state index contributed by atoms with van der Waals surface area (Å²) in [5.41, 5.74) is 4.66. The van der Waals surface area contributed by atoms with Crippen LogP contribution in [0, 0.1) is 0 Å². The molecular formula is C14H21Si. The summed E-state index contributed by atoms with van der Waals surface area (Å²) in [5.74, 6) is 0. The topological polar surface area (TPSA) is 0 Å². The van der Waals surface area contributed by atoms with E-state index in [1.54, 1.807) is 5.56 Å². The summed E-state index contributed by atoms with van der Waals surface area (Å²) in [4.78, 5) is 0. The Morgan fingerprint density at radius 3 is 2.07 bits per heavy atom. The lowest BCUT2D eigenvalue weighted by molar-refractivity contribution is 0.849. The average Bonchev–Trinajstić information content (AvgIpc) is 2.24. The average molecular weight is 217 g/mol. The number of aryl methyl sites for hydroxylation is 1. The minimum absolute atomic E-state index is 1.15. The van der Waals surface area contributed by atoms with Gasteiger partial charge in [-0.25, -0.2) is 0 Å². The van der Waals surface area contributed by atoms with Crippen molar-refractivity contribution in [2.45, 2.75) is 52.9 Å². The first-order chi connectivity index (χ1) is 7.24. The van der Waals surface area contributed by atoms with Crippen molar-refractivity contribution in [3.63, 3.8) is 0 Å². The van der Waals surface area contributed by atoms with Crippen molar-refractivity contribution in [1.82, 2.24) is 0 Å². The zero-order chi connectivity index (χ0) is 11.3. The summed E-state index contributed by atoms with van der Waals surface area (Å²) in [6.45, 7) is 6.76. The third-order valence-corrected chi connectivity index (χ3v) is 3.38. The van der Waals surface area contributed by atoms with Gasteiger partial charge < -0.3 is 0 Å². The molecule has 0 fully saturated rings. The van der Waals surface area contributed by atoms with Crippen molar-refractivity contribution in [2.24, 2.45) is 0 Å². The highest BCUT2D eigenvalue weighted by molar-refractivity contribution is 6.33. The second-order valence-electron chi connectivity index (χ2n) is 4.08. The lowest BCUT2D eigenvalue weighted by Gasteiger charge is -2.16. The fourth-order valence-corrected chi connectivity index (χ4v) is 2.53. The molecule has 0 spiro atoms. The minimum Gasteiger partial charge on any atom is -0.0651 e. The number of hydrogen-bond acceptors (Lipinski definition) is 0. The van der Waals surface area contributed by atoms with E-state index in [-0.39, 0.29) is 0 Å². The van der Waals surface area contributed by atoms with Gasteiger partial charge in [-0.2, -0.15) is 0 Å². The van der Waals surface area contributed by atoms with Gasteiger partial charge in [-0.05, 0) is 36.0 Å². The molecule has 3 radical (unpaired) electrons. The van der Waals surface area contributed by atoms with E-state index in [4.69, 9.17) is 0 Å². The van der Waals surface area contributed by atoms with E-state index in [0.717, 1.165) is 6.42 Å². The van der Waals surface area contributed by atoms with Gasteiger partial charge in [0.2, 0.25) is 0 Å². The van der Waals surface area contributed by atoms with Gasteiger partial charge in [-0.15, -0.1) is 0 Å². The quantitative estimate of drug-likeness (QED) is 0.665. The van der Waals surface area contributed by atoms with E-state index in [0.29, 0.717) is 0 Å². The van der Waals surface area contributed by atoms with Gasteiger partial charge in [0.25, 0.3) is 0 Å². The van der Waals surface area contributed by atoms with Crippen LogP contribution in [-0.4, -0.2) is 10.2 Å². The Bertz CT molecular complexity index is 315. The predicted octanol–water partition coefficient (Wildman–Crippen LogP) is 2.95. The van der Waals surface area contributed by atoms with E-state index >= 15 is 0 Å². The van der Waals surface area contributed by atoms with Crippen molar-refractivity contribution in [3.05, 3.63) is 28.8 Å². The lowest BCUT2D eigenvalue weighted by atomic mass is 9.93. The summed E-state index contributed by atoms with van der Waals surface area (Å²) in [7, 11) is 3.73. The second-order valence-corrected chi connectivity index (χ2v) is 4.62. The van der Waals surface area contributed by atoms with E-state index in [1.807, 2.05) is 0 Å². The monoisotopic (exact) mass is 217 g/mol. The second kappa shape index (κ2) is 6.11. The molecule has 0 heterocycles. The first-order valence-corrected chi connectivity index (χ1v) is 6.59. The predicted molar refractivity (Wildman–Crippen MR) is 69.2 cm³/mol. The molecule has 0 saturated heterocycles. The molecular weight excluding hydrogens is 196 g/mol. The third kappa shape index (κ3) is 2.94. The molecule has 0 unspecified atom stereocenters. The SMILES string of the molecule is CCCc1c([Si])ccc(CC)c1CCC. The minimum atomic E-state index is 1.15. The van der Waals surface area contributed by atoms with Crippen molar-refractivity contribution >= 4 is 15.4 Å². The molecule has 0 aliphatic rings. The molecule has 0 aromatic heterocycles.